The minimum absolute atomic E-state index is 0.0458. The number of carboxylic acids is 1. The molecule has 8 heteroatoms. The molecule has 0 atom stereocenters. The number of nitrogens with zero attached hydrogens (tertiary/aromatic N) is 2. The first-order valence-corrected chi connectivity index (χ1v) is 8.82. The maximum Gasteiger partial charge on any atom is 0.355 e. The molecule has 0 aliphatic carbocycles. The van der Waals surface area contributed by atoms with E-state index in [9.17, 15) is 9.59 Å². The fourth-order valence-corrected chi connectivity index (χ4v) is 3.63. The lowest BCUT2D eigenvalue weighted by Crippen LogP contribution is -2.25. The molecule has 0 saturated carbocycles. The standard InChI is InChI=1S/C15H19N3O3S2/c1-8-11(23-14(17-8)15(2,3)4)12(19)16-6-5-10-18-9(7-22-10)13(20)21/h7H,5-6H2,1-4H3,(H,16,19)(H,20,21). The number of hydrogen-bond donors (Lipinski definition) is 2. The van der Waals surface area contributed by atoms with Gasteiger partial charge in [-0.15, -0.1) is 22.7 Å². The van der Waals surface area contributed by atoms with E-state index in [0.29, 0.717) is 22.9 Å². The molecule has 2 aromatic heterocycles. The summed E-state index contributed by atoms with van der Waals surface area (Å²) in [5.41, 5.74) is 0.700. The van der Waals surface area contributed by atoms with Gasteiger partial charge in [-0.05, 0) is 6.92 Å². The highest BCUT2D eigenvalue weighted by atomic mass is 32.1. The van der Waals surface area contributed by atoms with Crippen LogP contribution in [0.3, 0.4) is 0 Å². The third-order valence-corrected chi connectivity index (χ3v) is 5.53. The number of amides is 1. The zero-order valence-corrected chi connectivity index (χ0v) is 15.1. The van der Waals surface area contributed by atoms with E-state index in [1.807, 2.05) is 6.92 Å². The van der Waals surface area contributed by atoms with Crippen molar-refractivity contribution in [3.8, 4) is 0 Å². The van der Waals surface area contributed by atoms with Gasteiger partial charge in [0.25, 0.3) is 5.91 Å². The van der Waals surface area contributed by atoms with Crippen LogP contribution in [-0.4, -0.2) is 33.5 Å². The predicted octanol–water partition coefficient (Wildman–Crippen LogP) is 2.88. The molecule has 0 radical (unpaired) electrons. The normalized spacial score (nSPS) is 11.5. The second kappa shape index (κ2) is 6.76. The fraction of sp³-hybridized carbons (Fsp3) is 0.467. The van der Waals surface area contributed by atoms with Crippen LogP contribution in [0.15, 0.2) is 5.38 Å². The number of hydrogen-bond acceptors (Lipinski definition) is 6. The lowest BCUT2D eigenvalue weighted by atomic mass is 9.98. The van der Waals surface area contributed by atoms with E-state index >= 15 is 0 Å². The van der Waals surface area contributed by atoms with Crippen molar-refractivity contribution < 1.29 is 14.7 Å². The number of aromatic nitrogens is 2. The van der Waals surface area contributed by atoms with Gasteiger partial charge in [-0.3, -0.25) is 4.79 Å². The van der Waals surface area contributed by atoms with E-state index in [-0.39, 0.29) is 17.0 Å². The minimum Gasteiger partial charge on any atom is -0.476 e. The first-order valence-electron chi connectivity index (χ1n) is 7.12. The highest BCUT2D eigenvalue weighted by molar-refractivity contribution is 7.14. The molecule has 124 valence electrons. The summed E-state index contributed by atoms with van der Waals surface area (Å²) in [5.74, 6) is -1.18. The molecule has 0 unspecified atom stereocenters. The van der Waals surface area contributed by atoms with Crippen LogP contribution in [0.5, 0.6) is 0 Å². The summed E-state index contributed by atoms with van der Waals surface area (Å²) in [6.07, 6.45) is 0.508. The van der Waals surface area contributed by atoms with Gasteiger partial charge in [-0.2, -0.15) is 0 Å². The zero-order chi connectivity index (χ0) is 17.2. The van der Waals surface area contributed by atoms with Gasteiger partial charge in [0.15, 0.2) is 5.69 Å². The molecule has 0 bridgehead atoms. The molecular weight excluding hydrogens is 334 g/mol. The first-order chi connectivity index (χ1) is 10.7. The molecular formula is C15H19N3O3S2. The Morgan fingerprint density at radius 1 is 1.30 bits per heavy atom. The van der Waals surface area contributed by atoms with E-state index in [1.54, 1.807) is 0 Å². The van der Waals surface area contributed by atoms with Crippen LogP contribution in [0.2, 0.25) is 0 Å². The van der Waals surface area contributed by atoms with Crippen molar-refractivity contribution in [3.63, 3.8) is 0 Å². The Kier molecular flexibility index (Phi) is 5.16. The van der Waals surface area contributed by atoms with Gasteiger partial charge in [0.2, 0.25) is 0 Å². The average Bonchev–Trinajstić information content (AvgIpc) is 3.04. The Bertz CT molecular complexity index is 729. The summed E-state index contributed by atoms with van der Waals surface area (Å²) in [5, 5.41) is 14.8. The van der Waals surface area contributed by atoms with Gasteiger partial charge >= 0.3 is 5.97 Å². The Balaban J connectivity index is 1.94. The van der Waals surface area contributed by atoms with E-state index in [0.717, 1.165) is 10.7 Å². The Hall–Kier alpha value is -1.80. The van der Waals surface area contributed by atoms with Crippen molar-refractivity contribution in [2.45, 2.75) is 39.5 Å². The topological polar surface area (TPSA) is 92.2 Å². The minimum atomic E-state index is -1.04. The first kappa shape index (κ1) is 17.6. The van der Waals surface area contributed by atoms with Gasteiger partial charge < -0.3 is 10.4 Å². The second-order valence-corrected chi connectivity index (χ2v) is 8.06. The summed E-state index contributed by atoms with van der Waals surface area (Å²) in [4.78, 5) is 32.1. The largest absolute Gasteiger partial charge is 0.476 e. The molecule has 0 saturated heterocycles. The van der Waals surface area contributed by atoms with Gasteiger partial charge in [0, 0.05) is 23.8 Å². The van der Waals surface area contributed by atoms with E-state index in [4.69, 9.17) is 5.11 Å². The van der Waals surface area contributed by atoms with Crippen LogP contribution in [0.1, 0.15) is 56.6 Å². The Morgan fingerprint density at radius 3 is 2.52 bits per heavy atom. The molecule has 2 aromatic rings. The molecule has 23 heavy (non-hydrogen) atoms. The molecule has 0 aliphatic heterocycles. The van der Waals surface area contributed by atoms with E-state index in [2.05, 4.69) is 36.1 Å². The van der Waals surface area contributed by atoms with E-state index in [1.165, 1.54) is 28.1 Å². The number of nitrogens with one attached hydrogen (secondary N) is 1. The SMILES string of the molecule is Cc1nc(C(C)(C)C)sc1C(=O)NCCc1nc(C(=O)O)cs1. The van der Waals surface area contributed by atoms with Crippen molar-refractivity contribution >= 4 is 34.6 Å². The average molecular weight is 353 g/mol. The van der Waals surface area contributed by atoms with Crippen molar-refractivity contribution in [3.05, 3.63) is 31.7 Å². The summed E-state index contributed by atoms with van der Waals surface area (Å²) in [6.45, 7) is 8.44. The monoisotopic (exact) mass is 353 g/mol. The van der Waals surface area contributed by atoms with Gasteiger partial charge in [-0.25, -0.2) is 14.8 Å². The van der Waals surface area contributed by atoms with Gasteiger partial charge in [-0.1, -0.05) is 20.8 Å². The van der Waals surface area contributed by atoms with Crippen LogP contribution < -0.4 is 5.32 Å². The highest BCUT2D eigenvalue weighted by Crippen LogP contribution is 2.29. The number of carbonyl (C=O) groups excluding carboxylic acids is 1. The lowest BCUT2D eigenvalue weighted by Gasteiger charge is -2.13. The smallest absolute Gasteiger partial charge is 0.355 e. The van der Waals surface area contributed by atoms with Crippen molar-refractivity contribution in [1.82, 2.24) is 15.3 Å². The summed E-state index contributed by atoms with van der Waals surface area (Å²) >= 11 is 2.70. The van der Waals surface area contributed by atoms with Crippen molar-refractivity contribution in [2.75, 3.05) is 6.54 Å². The number of rotatable bonds is 5. The predicted molar refractivity (Wildman–Crippen MR) is 90.7 cm³/mol. The molecule has 0 spiro atoms. The molecule has 1 amide bonds. The third-order valence-electron chi connectivity index (χ3n) is 3.04. The zero-order valence-electron chi connectivity index (χ0n) is 13.5. The van der Waals surface area contributed by atoms with Gasteiger partial charge in [0.05, 0.1) is 15.7 Å². The number of carbonyl (C=O) groups is 2. The highest BCUT2D eigenvalue weighted by Gasteiger charge is 2.22. The fourth-order valence-electron chi connectivity index (χ4n) is 1.82. The van der Waals surface area contributed by atoms with Crippen LogP contribution in [0.4, 0.5) is 0 Å². The molecule has 0 aromatic carbocycles. The van der Waals surface area contributed by atoms with Gasteiger partial charge in [0.1, 0.15) is 4.88 Å². The number of carboxylic acid groups (broad SMARTS) is 1. The molecule has 2 heterocycles. The van der Waals surface area contributed by atoms with Crippen molar-refractivity contribution in [1.29, 1.82) is 0 Å². The quantitative estimate of drug-likeness (QED) is 0.862. The van der Waals surface area contributed by atoms with Crippen LogP contribution in [0, 0.1) is 6.92 Å². The summed E-state index contributed by atoms with van der Waals surface area (Å²) < 4.78 is 0. The third kappa shape index (κ3) is 4.35. The van der Waals surface area contributed by atoms with Crippen molar-refractivity contribution in [2.24, 2.45) is 0 Å². The van der Waals surface area contributed by atoms with Crippen LogP contribution >= 0.6 is 22.7 Å². The number of aromatic carboxylic acids is 1. The Labute approximate surface area is 142 Å². The number of thiazole rings is 2. The Morgan fingerprint density at radius 2 is 2.00 bits per heavy atom. The maximum atomic E-state index is 12.3. The molecule has 2 N–H and O–H groups in total. The molecule has 2 rings (SSSR count). The lowest BCUT2D eigenvalue weighted by molar-refractivity contribution is 0.0690. The maximum absolute atomic E-state index is 12.3. The summed E-state index contributed by atoms with van der Waals surface area (Å²) in [7, 11) is 0. The van der Waals surface area contributed by atoms with Crippen LogP contribution in [0.25, 0.3) is 0 Å². The second-order valence-electron chi connectivity index (χ2n) is 6.12. The summed E-state index contributed by atoms with van der Waals surface area (Å²) in [6, 6.07) is 0. The molecule has 0 aliphatic rings. The van der Waals surface area contributed by atoms with Crippen LogP contribution in [-0.2, 0) is 11.8 Å². The molecule has 0 fully saturated rings. The van der Waals surface area contributed by atoms with E-state index < -0.39 is 5.97 Å². The molecule has 6 nitrogen and oxygen atoms in total. The number of aryl methyl sites for hydroxylation is 1.